The van der Waals surface area contributed by atoms with Gasteiger partial charge in [-0.1, -0.05) is 5.92 Å². The number of terminal acetylenes is 1. The van der Waals surface area contributed by atoms with Crippen LogP contribution in [0.5, 0.6) is 0 Å². The van der Waals surface area contributed by atoms with Crippen LogP contribution in [0.25, 0.3) is 0 Å². The van der Waals surface area contributed by atoms with Gasteiger partial charge in [0.1, 0.15) is 11.5 Å². The molecule has 72 valence electrons. The van der Waals surface area contributed by atoms with E-state index >= 15 is 0 Å². The maximum atomic E-state index is 12.7. The third-order valence-corrected chi connectivity index (χ3v) is 1.54. The Hall–Kier alpha value is -2.09. The van der Waals surface area contributed by atoms with E-state index < -0.39 is 10.7 Å². The summed E-state index contributed by atoms with van der Waals surface area (Å²) >= 11 is 0. The molecule has 1 rings (SSSR count). The molecule has 0 amide bonds. The minimum atomic E-state index is -0.665. The number of rotatable bonds is 3. The van der Waals surface area contributed by atoms with Gasteiger partial charge >= 0.3 is 0 Å². The van der Waals surface area contributed by atoms with Gasteiger partial charge in [-0.2, -0.15) is 0 Å². The standard InChI is InChI=1S/C9H7FN2O2/c1-2-5-11-8-4-3-7(10)6-9(8)12(13)14/h1,3-4,6,11H,5H2. The van der Waals surface area contributed by atoms with Crippen molar-refractivity contribution in [3.63, 3.8) is 0 Å². The van der Waals surface area contributed by atoms with Crippen molar-refractivity contribution >= 4 is 11.4 Å². The van der Waals surface area contributed by atoms with Gasteiger partial charge in [0.15, 0.2) is 0 Å². The van der Waals surface area contributed by atoms with Crippen LogP contribution in [0.2, 0.25) is 0 Å². The molecule has 0 aliphatic rings. The Balaban J connectivity index is 3.03. The van der Waals surface area contributed by atoms with Crippen molar-refractivity contribution in [1.82, 2.24) is 0 Å². The Kier molecular flexibility index (Phi) is 3.02. The summed E-state index contributed by atoms with van der Waals surface area (Å²) in [5.74, 6) is 1.62. The van der Waals surface area contributed by atoms with E-state index in [1.165, 1.54) is 6.07 Å². The van der Waals surface area contributed by atoms with E-state index in [-0.39, 0.29) is 17.9 Å². The quantitative estimate of drug-likeness (QED) is 0.453. The second kappa shape index (κ2) is 4.23. The number of nitro benzene ring substituents is 1. The molecule has 0 aliphatic carbocycles. The van der Waals surface area contributed by atoms with Crippen LogP contribution in [0, 0.1) is 28.3 Å². The van der Waals surface area contributed by atoms with Gasteiger partial charge in [0.2, 0.25) is 0 Å². The van der Waals surface area contributed by atoms with E-state index in [1.807, 2.05) is 0 Å². The lowest BCUT2D eigenvalue weighted by molar-refractivity contribution is -0.384. The summed E-state index contributed by atoms with van der Waals surface area (Å²) in [4.78, 5) is 9.82. The average Bonchev–Trinajstić information content (AvgIpc) is 2.15. The molecule has 0 atom stereocenters. The summed E-state index contributed by atoms with van der Waals surface area (Å²) in [6.45, 7) is 0.159. The molecule has 1 aromatic carbocycles. The molecule has 0 saturated carbocycles. The van der Waals surface area contributed by atoms with Gasteiger partial charge in [-0.25, -0.2) is 4.39 Å². The smallest absolute Gasteiger partial charge is 0.295 e. The van der Waals surface area contributed by atoms with E-state index in [0.29, 0.717) is 0 Å². The summed E-state index contributed by atoms with van der Waals surface area (Å²) in [5, 5.41) is 13.1. The molecular weight excluding hydrogens is 187 g/mol. The van der Waals surface area contributed by atoms with Gasteiger partial charge in [0.05, 0.1) is 17.5 Å². The Bertz CT molecular complexity index is 398. The highest BCUT2D eigenvalue weighted by Gasteiger charge is 2.13. The zero-order chi connectivity index (χ0) is 10.6. The molecule has 0 aliphatic heterocycles. The van der Waals surface area contributed by atoms with Crippen LogP contribution in [-0.4, -0.2) is 11.5 Å². The summed E-state index contributed by atoms with van der Waals surface area (Å²) in [6.07, 6.45) is 4.98. The van der Waals surface area contributed by atoms with Gasteiger partial charge in [0.25, 0.3) is 5.69 Å². The SMILES string of the molecule is C#CCNc1ccc(F)cc1[N+](=O)[O-]. The highest BCUT2D eigenvalue weighted by atomic mass is 19.1. The summed E-state index contributed by atoms with van der Waals surface area (Å²) < 4.78 is 12.7. The maximum absolute atomic E-state index is 12.7. The Morgan fingerprint density at radius 3 is 2.93 bits per heavy atom. The number of nitrogens with zero attached hydrogens (tertiary/aromatic N) is 1. The van der Waals surface area contributed by atoms with Crippen molar-refractivity contribution in [2.45, 2.75) is 0 Å². The van der Waals surface area contributed by atoms with Crippen LogP contribution < -0.4 is 5.32 Å². The van der Waals surface area contributed by atoms with Gasteiger partial charge in [-0.15, -0.1) is 6.42 Å². The summed E-state index contributed by atoms with van der Waals surface area (Å²) in [5.41, 5.74) is -0.102. The molecule has 1 aromatic rings. The normalized spacial score (nSPS) is 9.14. The highest BCUT2D eigenvalue weighted by Crippen LogP contribution is 2.24. The van der Waals surface area contributed by atoms with Crippen LogP contribution in [0.1, 0.15) is 0 Å². The Morgan fingerprint density at radius 2 is 2.36 bits per heavy atom. The lowest BCUT2D eigenvalue weighted by Gasteiger charge is -2.02. The molecule has 0 fully saturated rings. The average molecular weight is 194 g/mol. The number of hydrogen-bond acceptors (Lipinski definition) is 3. The second-order valence-electron chi connectivity index (χ2n) is 2.48. The van der Waals surface area contributed by atoms with Crippen LogP contribution in [0.3, 0.4) is 0 Å². The van der Waals surface area contributed by atoms with Gasteiger partial charge < -0.3 is 5.32 Å². The minimum absolute atomic E-state index is 0.159. The first kappa shape index (κ1) is 9.99. The number of benzene rings is 1. The monoisotopic (exact) mass is 194 g/mol. The molecule has 0 bridgehead atoms. The third-order valence-electron chi connectivity index (χ3n) is 1.54. The molecule has 4 nitrogen and oxygen atoms in total. The summed E-state index contributed by atoms with van der Waals surface area (Å²) in [7, 11) is 0. The Morgan fingerprint density at radius 1 is 1.64 bits per heavy atom. The first-order chi connectivity index (χ1) is 6.65. The van der Waals surface area contributed by atoms with Crippen molar-refractivity contribution in [3.8, 4) is 12.3 Å². The Labute approximate surface area is 79.9 Å². The van der Waals surface area contributed by atoms with Crippen molar-refractivity contribution in [1.29, 1.82) is 0 Å². The van der Waals surface area contributed by atoms with Crippen LogP contribution in [-0.2, 0) is 0 Å². The van der Waals surface area contributed by atoms with Gasteiger partial charge in [-0.3, -0.25) is 10.1 Å². The van der Waals surface area contributed by atoms with E-state index in [0.717, 1.165) is 12.1 Å². The summed E-state index contributed by atoms with van der Waals surface area (Å²) in [6, 6.07) is 3.26. The molecule has 0 saturated heterocycles. The number of hydrogen-bond donors (Lipinski definition) is 1. The van der Waals surface area contributed by atoms with Crippen molar-refractivity contribution in [3.05, 3.63) is 34.1 Å². The van der Waals surface area contributed by atoms with Gasteiger partial charge in [-0.05, 0) is 12.1 Å². The molecule has 5 heteroatoms. The van der Waals surface area contributed by atoms with Crippen molar-refractivity contribution in [2.24, 2.45) is 0 Å². The second-order valence-corrected chi connectivity index (χ2v) is 2.48. The fourth-order valence-electron chi connectivity index (χ4n) is 0.952. The largest absolute Gasteiger partial charge is 0.369 e. The van der Waals surface area contributed by atoms with Crippen LogP contribution in [0.15, 0.2) is 18.2 Å². The predicted molar refractivity (Wildman–Crippen MR) is 50.4 cm³/mol. The highest BCUT2D eigenvalue weighted by molar-refractivity contribution is 5.61. The number of anilines is 1. The molecule has 1 N–H and O–H groups in total. The first-order valence-corrected chi connectivity index (χ1v) is 3.76. The number of nitrogens with one attached hydrogen (secondary N) is 1. The molecular formula is C9H7FN2O2. The molecule has 0 radical (unpaired) electrons. The molecule has 0 spiro atoms. The first-order valence-electron chi connectivity index (χ1n) is 3.76. The molecule has 0 aromatic heterocycles. The minimum Gasteiger partial charge on any atom is -0.369 e. The van der Waals surface area contributed by atoms with Crippen molar-refractivity contribution in [2.75, 3.05) is 11.9 Å². The van der Waals surface area contributed by atoms with E-state index in [9.17, 15) is 14.5 Å². The molecule has 0 heterocycles. The lowest BCUT2D eigenvalue weighted by atomic mass is 10.2. The van der Waals surface area contributed by atoms with E-state index in [1.54, 1.807) is 0 Å². The topological polar surface area (TPSA) is 55.2 Å². The van der Waals surface area contributed by atoms with E-state index in [2.05, 4.69) is 11.2 Å². The number of nitro groups is 1. The third kappa shape index (κ3) is 2.20. The van der Waals surface area contributed by atoms with Gasteiger partial charge in [0, 0.05) is 0 Å². The fraction of sp³-hybridized carbons (Fsp3) is 0.111. The lowest BCUT2D eigenvalue weighted by Crippen LogP contribution is -2.02. The molecule has 0 unspecified atom stereocenters. The zero-order valence-corrected chi connectivity index (χ0v) is 7.16. The van der Waals surface area contributed by atoms with Crippen LogP contribution >= 0.6 is 0 Å². The number of halogens is 1. The zero-order valence-electron chi connectivity index (χ0n) is 7.16. The molecule has 14 heavy (non-hydrogen) atoms. The van der Waals surface area contributed by atoms with E-state index in [4.69, 9.17) is 6.42 Å². The fourth-order valence-corrected chi connectivity index (χ4v) is 0.952. The predicted octanol–water partition coefficient (Wildman–Crippen LogP) is 1.78. The van der Waals surface area contributed by atoms with Crippen LogP contribution in [0.4, 0.5) is 15.8 Å². The maximum Gasteiger partial charge on any atom is 0.295 e. The van der Waals surface area contributed by atoms with Crippen molar-refractivity contribution < 1.29 is 9.31 Å².